The molecular formula is C21H25F3N2O. The van der Waals surface area contributed by atoms with Gasteiger partial charge in [-0.15, -0.1) is 0 Å². The Bertz CT molecular complexity index is 741. The maximum absolute atomic E-state index is 13.2. The van der Waals surface area contributed by atoms with Crippen LogP contribution in [0.15, 0.2) is 48.6 Å². The molecule has 0 spiro atoms. The molecule has 0 saturated heterocycles. The summed E-state index contributed by atoms with van der Waals surface area (Å²) in [5.41, 5.74) is 0.931. The van der Waals surface area contributed by atoms with Crippen molar-refractivity contribution in [2.45, 2.75) is 36.8 Å². The van der Waals surface area contributed by atoms with E-state index in [9.17, 15) is 18.0 Å². The quantitative estimate of drug-likeness (QED) is 0.708. The first-order valence-electron chi connectivity index (χ1n) is 9.34. The molecule has 3 unspecified atom stereocenters. The lowest BCUT2D eigenvalue weighted by atomic mass is 9.67. The molecule has 2 aliphatic carbocycles. The molecule has 1 amide bonds. The average molecular weight is 378 g/mol. The molecule has 0 aromatic heterocycles. The molecule has 1 aromatic rings. The van der Waals surface area contributed by atoms with Crippen LogP contribution < -0.4 is 10.6 Å². The Morgan fingerprint density at radius 1 is 1.15 bits per heavy atom. The van der Waals surface area contributed by atoms with Gasteiger partial charge in [0.1, 0.15) is 6.54 Å². The van der Waals surface area contributed by atoms with Crippen LogP contribution in [0.3, 0.4) is 0 Å². The maximum atomic E-state index is 13.2. The average Bonchev–Trinajstić information content (AvgIpc) is 2.94. The summed E-state index contributed by atoms with van der Waals surface area (Å²) in [4.78, 5) is 13.2. The van der Waals surface area contributed by atoms with E-state index in [1.54, 1.807) is 0 Å². The summed E-state index contributed by atoms with van der Waals surface area (Å²) in [5.74, 6) is -0.668. The van der Waals surface area contributed by atoms with Crippen molar-refractivity contribution >= 4 is 5.91 Å². The molecule has 1 aromatic carbocycles. The van der Waals surface area contributed by atoms with Crippen molar-refractivity contribution in [2.24, 2.45) is 5.92 Å². The molecule has 6 heteroatoms. The van der Waals surface area contributed by atoms with Gasteiger partial charge in [0.05, 0.1) is 5.41 Å². The van der Waals surface area contributed by atoms with Crippen LogP contribution in [0.2, 0.25) is 0 Å². The summed E-state index contributed by atoms with van der Waals surface area (Å²) in [5, 5.41) is 5.26. The fourth-order valence-electron chi connectivity index (χ4n) is 4.48. The van der Waals surface area contributed by atoms with Gasteiger partial charge >= 0.3 is 6.18 Å². The first kappa shape index (κ1) is 19.7. The first-order valence-corrected chi connectivity index (χ1v) is 9.34. The Labute approximate surface area is 157 Å². The summed E-state index contributed by atoms with van der Waals surface area (Å²) in [6, 6.07) is 7.68. The minimum absolute atomic E-state index is 0.0205. The summed E-state index contributed by atoms with van der Waals surface area (Å²) in [6.07, 6.45) is 5.59. The van der Waals surface area contributed by atoms with Gasteiger partial charge in [0, 0.05) is 11.8 Å². The third kappa shape index (κ3) is 3.81. The van der Waals surface area contributed by atoms with Gasteiger partial charge < -0.3 is 10.6 Å². The van der Waals surface area contributed by atoms with E-state index in [-0.39, 0.29) is 11.8 Å². The van der Waals surface area contributed by atoms with E-state index in [0.717, 1.165) is 30.5 Å². The Morgan fingerprint density at radius 2 is 1.89 bits per heavy atom. The number of carbonyl (C=O) groups is 1. The minimum atomic E-state index is -4.43. The standard InChI is InChI=1S/C21H25F3N2O/c1-25-13-7-6-12-20(19(27)26-14-21(22,23)24)17-10-4-2-8-15(17)16-9-3-5-11-18(16)20/h2-5,8-11,15,17,25H,6-7,12-14H2,1H3,(H,26,27). The molecule has 3 rings (SSSR count). The second-order valence-corrected chi connectivity index (χ2v) is 7.24. The number of carbonyl (C=O) groups excluding carboxylic acids is 1. The number of benzene rings is 1. The van der Waals surface area contributed by atoms with E-state index in [2.05, 4.69) is 16.7 Å². The fourth-order valence-corrected chi connectivity index (χ4v) is 4.48. The van der Waals surface area contributed by atoms with Crippen LogP contribution in [-0.4, -0.2) is 32.2 Å². The Hall–Kier alpha value is -2.08. The highest BCUT2D eigenvalue weighted by Gasteiger charge is 2.55. The van der Waals surface area contributed by atoms with Gasteiger partial charge in [-0.25, -0.2) is 0 Å². The Kier molecular flexibility index (Phi) is 5.75. The van der Waals surface area contributed by atoms with Crippen LogP contribution in [0.25, 0.3) is 0 Å². The third-order valence-corrected chi connectivity index (χ3v) is 5.61. The molecule has 3 atom stereocenters. The molecule has 0 radical (unpaired) electrons. The summed E-state index contributed by atoms with van der Waals surface area (Å²) in [6.45, 7) is -0.491. The lowest BCUT2D eigenvalue weighted by molar-refractivity contribution is -0.143. The largest absolute Gasteiger partial charge is 0.405 e. The smallest absolute Gasteiger partial charge is 0.346 e. The monoisotopic (exact) mass is 378 g/mol. The number of alkyl halides is 3. The number of amides is 1. The highest BCUT2D eigenvalue weighted by molar-refractivity contribution is 5.91. The second kappa shape index (κ2) is 7.89. The van der Waals surface area contributed by atoms with Gasteiger partial charge in [0.15, 0.2) is 0 Å². The molecule has 2 aliphatic rings. The molecule has 0 bridgehead atoms. The predicted molar refractivity (Wildman–Crippen MR) is 99.5 cm³/mol. The lowest BCUT2D eigenvalue weighted by Gasteiger charge is -2.36. The molecule has 0 saturated carbocycles. The molecule has 0 fully saturated rings. The first-order chi connectivity index (χ1) is 12.9. The zero-order valence-corrected chi connectivity index (χ0v) is 15.4. The van der Waals surface area contributed by atoms with Crippen molar-refractivity contribution in [3.63, 3.8) is 0 Å². The highest BCUT2D eigenvalue weighted by atomic mass is 19.4. The van der Waals surface area contributed by atoms with E-state index in [1.807, 2.05) is 49.5 Å². The van der Waals surface area contributed by atoms with E-state index in [1.165, 1.54) is 0 Å². The number of rotatable bonds is 7. The van der Waals surface area contributed by atoms with Crippen molar-refractivity contribution in [1.29, 1.82) is 0 Å². The highest BCUT2D eigenvalue weighted by Crippen LogP contribution is 2.55. The van der Waals surface area contributed by atoms with Crippen LogP contribution in [0, 0.1) is 5.92 Å². The van der Waals surface area contributed by atoms with Crippen molar-refractivity contribution in [3.8, 4) is 0 Å². The van der Waals surface area contributed by atoms with Crippen LogP contribution in [0.5, 0.6) is 0 Å². The third-order valence-electron chi connectivity index (χ3n) is 5.61. The van der Waals surface area contributed by atoms with E-state index < -0.39 is 24.0 Å². The number of nitrogens with one attached hydrogen (secondary N) is 2. The second-order valence-electron chi connectivity index (χ2n) is 7.24. The predicted octanol–water partition coefficient (Wildman–Crippen LogP) is 3.83. The van der Waals surface area contributed by atoms with E-state index in [4.69, 9.17) is 0 Å². The van der Waals surface area contributed by atoms with Crippen molar-refractivity contribution in [2.75, 3.05) is 20.1 Å². The van der Waals surface area contributed by atoms with Crippen molar-refractivity contribution in [1.82, 2.24) is 10.6 Å². The maximum Gasteiger partial charge on any atom is 0.405 e. The fraction of sp³-hybridized carbons (Fsp3) is 0.476. The zero-order valence-electron chi connectivity index (χ0n) is 15.4. The molecule has 0 heterocycles. The van der Waals surface area contributed by atoms with Gasteiger partial charge in [0.25, 0.3) is 0 Å². The van der Waals surface area contributed by atoms with Crippen LogP contribution in [-0.2, 0) is 10.2 Å². The summed E-state index contributed by atoms with van der Waals surface area (Å²) in [7, 11) is 1.86. The van der Waals surface area contributed by atoms with Crippen LogP contribution in [0.1, 0.15) is 36.3 Å². The van der Waals surface area contributed by atoms with Gasteiger partial charge in [-0.05, 0) is 37.6 Å². The number of hydrogen-bond donors (Lipinski definition) is 2. The van der Waals surface area contributed by atoms with Crippen LogP contribution >= 0.6 is 0 Å². The number of halogens is 3. The molecule has 3 nitrogen and oxygen atoms in total. The normalized spacial score (nSPS) is 25.9. The van der Waals surface area contributed by atoms with Gasteiger partial charge in [-0.3, -0.25) is 4.79 Å². The van der Waals surface area contributed by atoms with Crippen LogP contribution in [0.4, 0.5) is 13.2 Å². The Morgan fingerprint density at radius 3 is 2.63 bits per heavy atom. The molecular weight excluding hydrogens is 353 g/mol. The van der Waals surface area contributed by atoms with E-state index in [0.29, 0.717) is 6.42 Å². The lowest BCUT2D eigenvalue weighted by Crippen LogP contribution is -2.50. The summed E-state index contributed by atoms with van der Waals surface area (Å²) < 4.78 is 38.3. The molecule has 27 heavy (non-hydrogen) atoms. The zero-order chi connectivity index (χ0) is 19.5. The van der Waals surface area contributed by atoms with Crippen molar-refractivity contribution < 1.29 is 18.0 Å². The minimum Gasteiger partial charge on any atom is -0.346 e. The van der Waals surface area contributed by atoms with Gasteiger partial charge in [-0.1, -0.05) is 55.0 Å². The number of fused-ring (bicyclic) bond motifs is 3. The van der Waals surface area contributed by atoms with Gasteiger partial charge in [0.2, 0.25) is 5.91 Å². The van der Waals surface area contributed by atoms with Crippen molar-refractivity contribution in [3.05, 3.63) is 59.7 Å². The summed E-state index contributed by atoms with van der Waals surface area (Å²) >= 11 is 0. The SMILES string of the molecule is CNCCCCC1(C(=O)NCC(F)(F)F)c2ccccc2C2C=CC=CC21. The molecule has 0 aliphatic heterocycles. The topological polar surface area (TPSA) is 41.1 Å². The number of hydrogen-bond acceptors (Lipinski definition) is 2. The number of unbranched alkanes of at least 4 members (excludes halogenated alkanes) is 1. The molecule has 2 N–H and O–H groups in total. The van der Waals surface area contributed by atoms with E-state index >= 15 is 0 Å². The molecule has 146 valence electrons. The Balaban J connectivity index is 1.99. The number of allylic oxidation sites excluding steroid dienone is 4. The van der Waals surface area contributed by atoms with Gasteiger partial charge in [-0.2, -0.15) is 13.2 Å².